The summed E-state index contributed by atoms with van der Waals surface area (Å²) >= 11 is 0. The van der Waals surface area contributed by atoms with Gasteiger partial charge in [0.15, 0.2) is 0 Å². The normalized spacial score (nSPS) is 19.5. The lowest BCUT2D eigenvalue weighted by molar-refractivity contribution is -0.145. The molecular weight excluding hydrogens is 408 g/mol. The molecule has 0 aromatic rings. The summed E-state index contributed by atoms with van der Waals surface area (Å²) in [6.45, 7) is 2.32. The van der Waals surface area contributed by atoms with E-state index in [-0.39, 0.29) is 24.1 Å². The Hall–Kier alpha value is -1.66. The van der Waals surface area contributed by atoms with Gasteiger partial charge in [0, 0.05) is 12.8 Å². The first kappa shape index (κ1) is 26.6. The van der Waals surface area contributed by atoms with Gasteiger partial charge in [-0.05, 0) is 51.4 Å². The van der Waals surface area contributed by atoms with Gasteiger partial charge in [0.1, 0.15) is 25.4 Å². The first-order valence-corrected chi connectivity index (χ1v) is 12.6. The van der Waals surface area contributed by atoms with Crippen molar-refractivity contribution < 1.29 is 28.5 Å². The van der Waals surface area contributed by atoms with E-state index in [1.165, 1.54) is 25.7 Å². The van der Waals surface area contributed by atoms with Gasteiger partial charge >= 0.3 is 11.9 Å². The number of rotatable bonds is 21. The van der Waals surface area contributed by atoms with Crippen molar-refractivity contribution in [1.82, 2.24) is 0 Å². The molecule has 0 aliphatic carbocycles. The van der Waals surface area contributed by atoms with Crippen molar-refractivity contribution in [1.29, 1.82) is 0 Å². The van der Waals surface area contributed by atoms with Crippen LogP contribution in [0, 0.1) is 0 Å². The Morgan fingerprint density at radius 3 is 1.38 bits per heavy atom. The number of hydrogen-bond donors (Lipinski definition) is 0. The van der Waals surface area contributed by atoms with Gasteiger partial charge in [-0.2, -0.15) is 0 Å². The number of unbranched alkanes of at least 4 members (excludes halogenated alkanes) is 9. The zero-order valence-corrected chi connectivity index (χ0v) is 19.6. The van der Waals surface area contributed by atoms with Crippen LogP contribution in [0.4, 0.5) is 0 Å². The summed E-state index contributed by atoms with van der Waals surface area (Å²) in [6.07, 6.45) is 23.6. The van der Waals surface area contributed by atoms with Gasteiger partial charge in [-0.15, -0.1) is 0 Å². The van der Waals surface area contributed by atoms with Crippen molar-refractivity contribution in [2.45, 2.75) is 102 Å². The molecule has 2 fully saturated rings. The SMILES string of the molecule is O=C(CCCCCC/C=C/CC/C=C/CCCCCCC(=O)OCC1CO1)OCC1CO1. The predicted molar refractivity (Wildman–Crippen MR) is 124 cm³/mol. The summed E-state index contributed by atoms with van der Waals surface area (Å²) in [5.74, 6) is -0.184. The lowest BCUT2D eigenvalue weighted by atomic mass is 10.1. The largest absolute Gasteiger partial charge is 0.463 e. The molecule has 0 spiro atoms. The predicted octanol–water partition coefficient (Wildman–Crippen LogP) is 5.44. The highest BCUT2D eigenvalue weighted by Crippen LogP contribution is 2.12. The third kappa shape index (κ3) is 17.0. The first-order chi connectivity index (χ1) is 15.7. The molecule has 2 rings (SSSR count). The fourth-order valence-corrected chi connectivity index (χ4v) is 3.28. The molecule has 6 nitrogen and oxygen atoms in total. The van der Waals surface area contributed by atoms with Crippen LogP contribution in [-0.4, -0.2) is 50.6 Å². The lowest BCUT2D eigenvalue weighted by Crippen LogP contribution is -2.09. The topological polar surface area (TPSA) is 77.7 Å². The monoisotopic (exact) mass is 450 g/mol. The van der Waals surface area contributed by atoms with E-state index < -0.39 is 0 Å². The molecule has 32 heavy (non-hydrogen) atoms. The fourth-order valence-electron chi connectivity index (χ4n) is 3.28. The minimum atomic E-state index is -0.0920. The van der Waals surface area contributed by atoms with Gasteiger partial charge in [-0.1, -0.05) is 50.0 Å². The highest BCUT2D eigenvalue weighted by atomic mass is 16.6. The molecule has 182 valence electrons. The zero-order chi connectivity index (χ0) is 22.7. The maximum absolute atomic E-state index is 11.5. The second-order valence-corrected chi connectivity index (χ2v) is 8.70. The number of hydrogen-bond acceptors (Lipinski definition) is 6. The van der Waals surface area contributed by atoms with E-state index >= 15 is 0 Å². The van der Waals surface area contributed by atoms with Gasteiger partial charge in [-0.3, -0.25) is 9.59 Å². The van der Waals surface area contributed by atoms with Crippen LogP contribution in [0.25, 0.3) is 0 Å². The lowest BCUT2D eigenvalue weighted by Gasteiger charge is -2.02. The Balaban J connectivity index is 1.24. The van der Waals surface area contributed by atoms with Crippen LogP contribution in [0.2, 0.25) is 0 Å². The molecule has 0 amide bonds. The fraction of sp³-hybridized carbons (Fsp3) is 0.769. The van der Waals surface area contributed by atoms with Gasteiger partial charge in [-0.25, -0.2) is 0 Å². The molecule has 2 heterocycles. The number of allylic oxidation sites excluding steroid dienone is 4. The van der Waals surface area contributed by atoms with Crippen molar-refractivity contribution in [3.8, 4) is 0 Å². The summed E-state index contributed by atoms with van der Waals surface area (Å²) in [4.78, 5) is 23.0. The molecule has 2 aliphatic rings. The van der Waals surface area contributed by atoms with Crippen molar-refractivity contribution >= 4 is 11.9 Å². The Morgan fingerprint density at radius 1 is 0.594 bits per heavy atom. The zero-order valence-electron chi connectivity index (χ0n) is 19.6. The number of epoxide rings is 2. The molecule has 2 aliphatic heterocycles. The van der Waals surface area contributed by atoms with Crippen LogP contribution in [0.15, 0.2) is 24.3 Å². The third-order valence-corrected chi connectivity index (χ3v) is 5.50. The Morgan fingerprint density at radius 2 is 0.969 bits per heavy atom. The van der Waals surface area contributed by atoms with E-state index in [0.717, 1.165) is 64.6 Å². The van der Waals surface area contributed by atoms with Crippen LogP contribution in [-0.2, 0) is 28.5 Å². The van der Waals surface area contributed by atoms with Crippen molar-refractivity contribution in [3.63, 3.8) is 0 Å². The van der Waals surface area contributed by atoms with Crippen LogP contribution in [0.5, 0.6) is 0 Å². The second-order valence-electron chi connectivity index (χ2n) is 8.70. The van der Waals surface area contributed by atoms with Gasteiger partial charge in [0.2, 0.25) is 0 Å². The molecule has 0 bridgehead atoms. The number of ether oxygens (including phenoxy) is 4. The summed E-state index contributed by atoms with van der Waals surface area (Å²) in [5, 5.41) is 0. The maximum Gasteiger partial charge on any atom is 0.305 e. The van der Waals surface area contributed by atoms with Crippen LogP contribution < -0.4 is 0 Å². The van der Waals surface area contributed by atoms with E-state index in [0.29, 0.717) is 26.1 Å². The van der Waals surface area contributed by atoms with E-state index in [4.69, 9.17) is 18.9 Å². The molecule has 2 unspecified atom stereocenters. The highest BCUT2D eigenvalue weighted by molar-refractivity contribution is 5.69. The Labute approximate surface area is 193 Å². The molecule has 2 atom stereocenters. The molecule has 0 aromatic heterocycles. The summed E-state index contributed by atoms with van der Waals surface area (Å²) < 4.78 is 20.3. The van der Waals surface area contributed by atoms with Crippen molar-refractivity contribution in [3.05, 3.63) is 24.3 Å². The quantitative estimate of drug-likeness (QED) is 0.100. The second kappa shape index (κ2) is 17.8. The van der Waals surface area contributed by atoms with Gasteiger partial charge < -0.3 is 18.9 Å². The minimum absolute atomic E-state index is 0.0920. The minimum Gasteiger partial charge on any atom is -0.463 e. The van der Waals surface area contributed by atoms with Crippen LogP contribution in [0.1, 0.15) is 89.9 Å². The smallest absolute Gasteiger partial charge is 0.305 e. The third-order valence-electron chi connectivity index (χ3n) is 5.50. The molecule has 0 saturated carbocycles. The molecule has 0 aromatic carbocycles. The van der Waals surface area contributed by atoms with E-state index in [1.54, 1.807) is 0 Å². The van der Waals surface area contributed by atoms with E-state index in [1.807, 2.05) is 0 Å². The number of carbonyl (C=O) groups excluding carboxylic acids is 2. The molecule has 2 saturated heterocycles. The highest BCUT2D eigenvalue weighted by Gasteiger charge is 2.24. The molecular formula is C26H42O6. The number of esters is 2. The average molecular weight is 451 g/mol. The summed E-state index contributed by atoms with van der Waals surface area (Å²) in [5.41, 5.74) is 0. The first-order valence-electron chi connectivity index (χ1n) is 12.6. The summed E-state index contributed by atoms with van der Waals surface area (Å²) in [6, 6.07) is 0. The number of carbonyl (C=O) groups is 2. The Bertz CT molecular complexity index is 513. The van der Waals surface area contributed by atoms with Crippen molar-refractivity contribution in [2.24, 2.45) is 0 Å². The van der Waals surface area contributed by atoms with Crippen LogP contribution >= 0.6 is 0 Å². The van der Waals surface area contributed by atoms with Crippen molar-refractivity contribution in [2.75, 3.05) is 26.4 Å². The Kier molecular flexibility index (Phi) is 14.8. The maximum atomic E-state index is 11.5. The van der Waals surface area contributed by atoms with Gasteiger partial charge in [0.05, 0.1) is 13.2 Å². The average Bonchev–Trinajstić information content (AvgIpc) is 3.70. The summed E-state index contributed by atoms with van der Waals surface area (Å²) in [7, 11) is 0. The standard InChI is InChI=1S/C26H42O6/c27-25(31-21-23-19-29-23)17-15-13-11-9-7-5-3-1-2-4-6-8-10-12-14-16-18-26(28)32-22-24-20-30-24/h3-6,23-24H,1-2,7-22H2/b5-3+,6-4+. The van der Waals surface area contributed by atoms with E-state index in [9.17, 15) is 9.59 Å². The molecule has 0 radical (unpaired) electrons. The van der Waals surface area contributed by atoms with E-state index in [2.05, 4.69) is 24.3 Å². The van der Waals surface area contributed by atoms with Crippen LogP contribution in [0.3, 0.4) is 0 Å². The van der Waals surface area contributed by atoms with Gasteiger partial charge in [0.25, 0.3) is 0 Å². The molecule has 0 N–H and O–H groups in total. The molecule has 6 heteroatoms.